The van der Waals surface area contributed by atoms with Crippen molar-refractivity contribution in [2.45, 2.75) is 38.4 Å². The molecule has 1 saturated heterocycles. The Bertz CT molecular complexity index is 1760. The second-order valence-electron chi connectivity index (χ2n) is 12.6. The van der Waals surface area contributed by atoms with Gasteiger partial charge in [-0.25, -0.2) is 24.3 Å². The van der Waals surface area contributed by atoms with E-state index in [1.807, 2.05) is 23.8 Å². The van der Waals surface area contributed by atoms with E-state index in [0.29, 0.717) is 61.3 Å². The summed E-state index contributed by atoms with van der Waals surface area (Å²) in [5.74, 6) is -1.19. The van der Waals surface area contributed by atoms with Crippen molar-refractivity contribution in [3.63, 3.8) is 0 Å². The maximum absolute atomic E-state index is 14.2. The summed E-state index contributed by atoms with van der Waals surface area (Å²) in [5, 5.41) is 9.13. The maximum Gasteiger partial charge on any atom is 0.419 e. The first-order valence-corrected chi connectivity index (χ1v) is 15.4. The number of H-pyrrole nitrogens is 1. The highest BCUT2D eigenvalue weighted by Gasteiger charge is 2.39. The molecule has 2 N–H and O–H groups in total. The molecule has 4 aromatic rings. The number of rotatable bonds is 10. The van der Waals surface area contributed by atoms with Crippen molar-refractivity contribution < 1.29 is 32.2 Å². The number of benzene rings is 1. The van der Waals surface area contributed by atoms with Crippen LogP contribution >= 0.6 is 0 Å². The predicted molar refractivity (Wildman–Crippen MR) is 168 cm³/mol. The monoisotopic (exact) mass is 656 g/mol. The Morgan fingerprint density at radius 2 is 1.94 bits per heavy atom. The lowest BCUT2D eigenvalue weighted by molar-refractivity contribution is -0.140. The number of aromatic amines is 1. The van der Waals surface area contributed by atoms with Crippen LogP contribution in [-0.4, -0.2) is 100 Å². The highest BCUT2D eigenvalue weighted by Crippen LogP contribution is 2.43. The van der Waals surface area contributed by atoms with Crippen molar-refractivity contribution in [3.05, 3.63) is 48.0 Å². The molecule has 1 aliphatic heterocycles. The molecule has 15 heteroatoms. The van der Waals surface area contributed by atoms with Gasteiger partial charge in [0, 0.05) is 57.4 Å². The van der Waals surface area contributed by atoms with Gasteiger partial charge in [-0.2, -0.15) is 13.2 Å². The minimum Gasteiger partial charge on any atom is -0.480 e. The van der Waals surface area contributed by atoms with Gasteiger partial charge in [0.25, 0.3) is 0 Å². The number of aliphatic carboxylic acids is 1. The minimum atomic E-state index is -4.87. The lowest BCUT2D eigenvalue weighted by Crippen LogP contribution is -2.53. The fraction of sp³-hybridized carbons (Fsp3) is 0.469. The van der Waals surface area contributed by atoms with E-state index in [4.69, 9.17) is 9.84 Å². The Morgan fingerprint density at radius 1 is 1.15 bits per heavy atom. The van der Waals surface area contributed by atoms with E-state index < -0.39 is 23.5 Å². The molecule has 2 aliphatic rings. The normalized spacial score (nSPS) is 18.4. The molecule has 2 fully saturated rings. The van der Waals surface area contributed by atoms with Crippen LogP contribution < -0.4 is 9.80 Å². The van der Waals surface area contributed by atoms with Gasteiger partial charge < -0.3 is 24.6 Å². The number of anilines is 2. The summed E-state index contributed by atoms with van der Waals surface area (Å²) in [6, 6.07) is 4.57. The number of nitrogens with zero attached hydrogens (tertiary/aromatic N) is 7. The SMILES string of the molecule is COCC1(CN(C)c2cc(-c3ccc(F)c(C(F)(F)F)c3)nc3nc(-c4cnc(N5CCN(CC(=O)O)C[C@H]5C)cn4)[nH]c23)CCC1. The Kier molecular flexibility index (Phi) is 8.78. The number of alkyl halides is 3. The molecule has 47 heavy (non-hydrogen) atoms. The van der Waals surface area contributed by atoms with Crippen LogP contribution in [0, 0.1) is 11.2 Å². The van der Waals surface area contributed by atoms with Crippen molar-refractivity contribution in [3.8, 4) is 22.8 Å². The van der Waals surface area contributed by atoms with E-state index in [2.05, 4.69) is 29.8 Å². The van der Waals surface area contributed by atoms with Crippen LogP contribution in [0.4, 0.5) is 29.1 Å². The van der Waals surface area contributed by atoms with Crippen molar-refractivity contribution in [2.24, 2.45) is 5.41 Å². The van der Waals surface area contributed by atoms with E-state index in [1.165, 1.54) is 6.07 Å². The molecule has 11 nitrogen and oxygen atoms in total. The van der Waals surface area contributed by atoms with Crippen LogP contribution in [0.15, 0.2) is 36.7 Å². The standard InChI is InChI=1S/C32H36F4N8O3/c1-19-15-43(16-27(45)46)9-10-44(19)26-14-37-24(13-38-26)29-40-28-25(42(2)17-31(18-47-3)7-4-8-31)12-23(39-30(28)41-29)20-5-6-22(33)21(11-20)32(34,35)36/h5-6,11-14,19H,4,7-10,15-18H2,1-3H3,(H,45,46)(H,39,40,41)/t19-/m1/s1. The van der Waals surface area contributed by atoms with E-state index >= 15 is 0 Å². The molecule has 0 unspecified atom stereocenters. The summed E-state index contributed by atoms with van der Waals surface area (Å²) in [5.41, 5.74) is 0.851. The molecule has 1 aliphatic carbocycles. The number of carbonyl (C=O) groups is 1. The van der Waals surface area contributed by atoms with Crippen LogP contribution in [0.25, 0.3) is 33.9 Å². The Morgan fingerprint density at radius 3 is 2.55 bits per heavy atom. The van der Waals surface area contributed by atoms with Gasteiger partial charge in [0.2, 0.25) is 0 Å². The fourth-order valence-electron chi connectivity index (χ4n) is 6.66. The lowest BCUT2D eigenvalue weighted by atomic mass is 9.69. The second kappa shape index (κ2) is 12.7. The summed E-state index contributed by atoms with van der Waals surface area (Å²) >= 11 is 0. The molecule has 0 bridgehead atoms. The average Bonchev–Trinajstić information content (AvgIpc) is 3.43. The number of carboxylic acid groups (broad SMARTS) is 1. The largest absolute Gasteiger partial charge is 0.480 e. The number of nitrogens with one attached hydrogen (secondary N) is 1. The number of aromatic nitrogens is 5. The zero-order valence-corrected chi connectivity index (χ0v) is 26.3. The summed E-state index contributed by atoms with van der Waals surface area (Å²) in [6.07, 6.45) is 1.43. The molecule has 4 heterocycles. The van der Waals surface area contributed by atoms with Gasteiger partial charge in [0.05, 0.1) is 42.5 Å². The molecule has 1 aromatic carbocycles. The molecule has 1 atom stereocenters. The van der Waals surface area contributed by atoms with Crippen molar-refractivity contribution in [1.29, 1.82) is 0 Å². The molecule has 6 rings (SSSR count). The number of imidazole rings is 1. The van der Waals surface area contributed by atoms with Gasteiger partial charge in [-0.05, 0) is 44.0 Å². The van der Waals surface area contributed by atoms with E-state index in [0.717, 1.165) is 31.4 Å². The van der Waals surface area contributed by atoms with E-state index in [1.54, 1.807) is 25.6 Å². The third kappa shape index (κ3) is 6.72. The topological polar surface area (TPSA) is 124 Å². The number of piperazine rings is 1. The predicted octanol–water partition coefficient (Wildman–Crippen LogP) is 5.09. The smallest absolute Gasteiger partial charge is 0.419 e. The van der Waals surface area contributed by atoms with E-state index in [-0.39, 0.29) is 34.9 Å². The minimum absolute atomic E-state index is 0.0141. The number of hydrogen-bond donors (Lipinski definition) is 2. The highest BCUT2D eigenvalue weighted by molar-refractivity contribution is 5.91. The molecular weight excluding hydrogens is 620 g/mol. The number of halogens is 4. The zero-order chi connectivity index (χ0) is 33.5. The molecule has 250 valence electrons. The molecule has 0 amide bonds. The third-order valence-electron chi connectivity index (χ3n) is 9.10. The molecule has 0 radical (unpaired) electrons. The maximum atomic E-state index is 14.2. The summed E-state index contributed by atoms with van der Waals surface area (Å²) in [4.78, 5) is 38.9. The van der Waals surface area contributed by atoms with Crippen LogP contribution in [0.1, 0.15) is 31.7 Å². The molecule has 3 aromatic heterocycles. The summed E-state index contributed by atoms with van der Waals surface area (Å²) in [6.45, 7) is 4.96. The number of carboxylic acids is 1. The molecular formula is C32H36F4N8O3. The van der Waals surface area contributed by atoms with Crippen molar-refractivity contribution in [1.82, 2.24) is 29.8 Å². The first-order chi connectivity index (χ1) is 22.4. The van der Waals surface area contributed by atoms with Crippen molar-refractivity contribution >= 4 is 28.6 Å². The van der Waals surface area contributed by atoms with Crippen molar-refractivity contribution in [2.75, 3.05) is 63.3 Å². The summed E-state index contributed by atoms with van der Waals surface area (Å²) in [7, 11) is 3.58. The second-order valence-corrected chi connectivity index (χ2v) is 12.6. The zero-order valence-electron chi connectivity index (χ0n) is 26.3. The number of pyridine rings is 1. The average molecular weight is 657 g/mol. The summed E-state index contributed by atoms with van der Waals surface area (Å²) < 4.78 is 60.5. The third-order valence-corrected chi connectivity index (χ3v) is 9.10. The first kappa shape index (κ1) is 32.6. The number of methoxy groups -OCH3 is 1. The molecule has 1 saturated carbocycles. The lowest BCUT2D eigenvalue weighted by Gasteiger charge is -2.44. The number of ether oxygens (including phenoxy) is 1. The van der Waals surface area contributed by atoms with Gasteiger partial charge in [0.1, 0.15) is 22.8 Å². The number of hydrogen-bond acceptors (Lipinski definition) is 9. The van der Waals surface area contributed by atoms with Crippen LogP contribution in [0.2, 0.25) is 0 Å². The van der Waals surface area contributed by atoms with Crippen LogP contribution in [0.5, 0.6) is 0 Å². The first-order valence-electron chi connectivity index (χ1n) is 15.4. The quantitative estimate of drug-likeness (QED) is 0.223. The van der Waals surface area contributed by atoms with Crippen LogP contribution in [-0.2, 0) is 15.7 Å². The number of fused-ring (bicyclic) bond motifs is 1. The van der Waals surface area contributed by atoms with Gasteiger partial charge in [-0.1, -0.05) is 6.42 Å². The highest BCUT2D eigenvalue weighted by atomic mass is 19.4. The fourth-order valence-corrected chi connectivity index (χ4v) is 6.66. The Hall–Kier alpha value is -4.37. The van der Waals surface area contributed by atoms with Gasteiger partial charge >= 0.3 is 12.1 Å². The molecule has 0 spiro atoms. The van der Waals surface area contributed by atoms with Gasteiger partial charge in [-0.15, -0.1) is 0 Å². The van der Waals surface area contributed by atoms with E-state index in [9.17, 15) is 22.4 Å². The van der Waals surface area contributed by atoms with Gasteiger partial charge in [0.15, 0.2) is 11.5 Å². The Labute approximate surface area is 268 Å². The van der Waals surface area contributed by atoms with Crippen LogP contribution in [0.3, 0.4) is 0 Å². The Balaban J connectivity index is 1.35. The van der Waals surface area contributed by atoms with Gasteiger partial charge in [-0.3, -0.25) is 9.69 Å².